The quantitative estimate of drug-likeness (QED) is 0.170. The molecule has 0 unspecified atom stereocenters. The summed E-state index contributed by atoms with van der Waals surface area (Å²) in [6.45, 7) is 0. The van der Waals surface area contributed by atoms with Gasteiger partial charge in [0.25, 0.3) is 0 Å². The van der Waals surface area contributed by atoms with E-state index in [1.807, 2.05) is 22.7 Å². The Hall–Kier alpha value is -7.18. The molecule has 4 heterocycles. The normalized spacial score (nSPS) is 12.1. The summed E-state index contributed by atoms with van der Waals surface area (Å²) in [7, 11) is 0. The predicted molar refractivity (Wildman–Crippen MR) is 253 cm³/mol. The Morgan fingerprint density at radius 2 is 0.763 bits per heavy atom. The van der Waals surface area contributed by atoms with Gasteiger partial charge in [-0.15, -0.1) is 22.7 Å². The summed E-state index contributed by atoms with van der Waals surface area (Å²) in [5.41, 5.74) is 9.35. The molecular formula is C54H32N2OS2. The SMILES string of the molecule is c1cc(-c2ccc3sc4ccccc4c3c2)cc(-n2c3ccccc3c3cc(Oc4ccc5c(c4)c4ccccc4n5-c4ccc5sc6ccccc6c5c4)ccc32)c1. The fraction of sp³-hybridized carbons (Fsp3) is 0. The topological polar surface area (TPSA) is 19.1 Å². The first-order valence-corrected chi connectivity index (χ1v) is 21.5. The van der Waals surface area contributed by atoms with Crippen LogP contribution in [0, 0.1) is 0 Å². The van der Waals surface area contributed by atoms with Gasteiger partial charge in [0.2, 0.25) is 0 Å². The molecule has 0 amide bonds. The van der Waals surface area contributed by atoms with Gasteiger partial charge < -0.3 is 13.9 Å². The minimum Gasteiger partial charge on any atom is -0.457 e. The van der Waals surface area contributed by atoms with E-state index in [0.717, 1.165) is 44.7 Å². The van der Waals surface area contributed by atoms with Gasteiger partial charge in [0.1, 0.15) is 11.5 Å². The maximum Gasteiger partial charge on any atom is 0.128 e. The van der Waals surface area contributed by atoms with Crippen molar-refractivity contribution in [2.45, 2.75) is 0 Å². The van der Waals surface area contributed by atoms with Crippen molar-refractivity contribution in [2.75, 3.05) is 0 Å². The zero-order valence-corrected chi connectivity index (χ0v) is 33.2. The van der Waals surface area contributed by atoms with Crippen molar-refractivity contribution >= 4 is 107 Å². The van der Waals surface area contributed by atoms with E-state index in [1.165, 1.54) is 73.3 Å². The van der Waals surface area contributed by atoms with E-state index in [0.29, 0.717) is 0 Å². The number of fused-ring (bicyclic) bond motifs is 12. The Kier molecular flexibility index (Phi) is 7.05. The highest BCUT2D eigenvalue weighted by Gasteiger charge is 2.17. The van der Waals surface area contributed by atoms with Crippen LogP contribution in [-0.2, 0) is 0 Å². The number of ether oxygens (including phenoxy) is 1. The number of thiophene rings is 2. The largest absolute Gasteiger partial charge is 0.457 e. The molecule has 0 bridgehead atoms. The lowest BCUT2D eigenvalue weighted by atomic mass is 10.0. The number of benzene rings is 9. The maximum absolute atomic E-state index is 6.74. The molecule has 5 heteroatoms. The zero-order valence-electron chi connectivity index (χ0n) is 31.6. The highest BCUT2D eigenvalue weighted by atomic mass is 32.1. The van der Waals surface area contributed by atoms with Crippen LogP contribution in [0.15, 0.2) is 194 Å². The first kappa shape index (κ1) is 32.9. The van der Waals surface area contributed by atoms with Gasteiger partial charge in [0, 0.05) is 73.3 Å². The monoisotopic (exact) mass is 788 g/mol. The van der Waals surface area contributed by atoms with Gasteiger partial charge in [0.15, 0.2) is 0 Å². The molecule has 4 aromatic heterocycles. The number of hydrogen-bond donors (Lipinski definition) is 0. The number of nitrogens with zero attached hydrogens (tertiary/aromatic N) is 2. The molecule has 0 N–H and O–H groups in total. The summed E-state index contributed by atoms with van der Waals surface area (Å²) in [4.78, 5) is 0. The first-order chi connectivity index (χ1) is 29.2. The Labute approximate surface area is 346 Å². The van der Waals surface area contributed by atoms with E-state index in [4.69, 9.17) is 4.74 Å². The van der Waals surface area contributed by atoms with Gasteiger partial charge in [-0.3, -0.25) is 0 Å². The van der Waals surface area contributed by atoms with Gasteiger partial charge in [-0.1, -0.05) is 91.0 Å². The molecular weight excluding hydrogens is 757 g/mol. The zero-order chi connectivity index (χ0) is 38.6. The average molecular weight is 789 g/mol. The van der Waals surface area contributed by atoms with Crippen LogP contribution in [0.25, 0.3) is 106 Å². The third-order valence-electron chi connectivity index (χ3n) is 12.0. The van der Waals surface area contributed by atoms with Gasteiger partial charge in [0.05, 0.1) is 22.1 Å². The van der Waals surface area contributed by atoms with E-state index >= 15 is 0 Å². The Morgan fingerprint density at radius 3 is 1.39 bits per heavy atom. The van der Waals surface area contributed by atoms with Crippen molar-refractivity contribution in [2.24, 2.45) is 0 Å². The molecule has 0 saturated carbocycles. The van der Waals surface area contributed by atoms with E-state index < -0.39 is 0 Å². The van der Waals surface area contributed by atoms with E-state index in [-0.39, 0.29) is 0 Å². The molecule has 9 aromatic carbocycles. The molecule has 0 aliphatic heterocycles. The summed E-state index contributed by atoms with van der Waals surface area (Å²) >= 11 is 3.71. The minimum atomic E-state index is 0.809. The van der Waals surface area contributed by atoms with Crippen LogP contribution in [0.5, 0.6) is 11.5 Å². The maximum atomic E-state index is 6.74. The molecule has 13 rings (SSSR count). The molecule has 13 aromatic rings. The Morgan fingerprint density at radius 1 is 0.288 bits per heavy atom. The molecule has 3 nitrogen and oxygen atoms in total. The molecule has 0 fully saturated rings. The summed E-state index contributed by atoms with van der Waals surface area (Å²) in [6, 6.07) is 70.4. The van der Waals surface area contributed by atoms with E-state index in [2.05, 4.69) is 203 Å². The lowest BCUT2D eigenvalue weighted by Crippen LogP contribution is -1.94. The van der Waals surface area contributed by atoms with Crippen molar-refractivity contribution < 1.29 is 4.74 Å². The molecule has 0 aliphatic rings. The standard InChI is InChI=1S/C54H32N2OS2/c1-5-16-47-39(12-1)43-31-37(22-24-49(43)55(47)35-11-9-10-33(28-35)34-20-26-53-45(29-34)41-14-3-7-18-51(41)58-53)57-38-23-25-50-44(32-38)40-13-2-6-17-48(40)56(50)36-21-27-54-46(30-36)42-15-4-8-19-52(42)59-54/h1-32H. The third-order valence-corrected chi connectivity index (χ3v) is 14.3. The van der Waals surface area contributed by atoms with Gasteiger partial charge in [-0.05, 0) is 114 Å². The third kappa shape index (κ3) is 5.05. The van der Waals surface area contributed by atoms with E-state index in [9.17, 15) is 0 Å². The number of aromatic nitrogens is 2. The van der Waals surface area contributed by atoms with Crippen molar-refractivity contribution in [3.63, 3.8) is 0 Å². The van der Waals surface area contributed by atoms with Crippen LogP contribution in [0.1, 0.15) is 0 Å². The van der Waals surface area contributed by atoms with Crippen molar-refractivity contribution in [3.8, 4) is 34.0 Å². The Balaban J connectivity index is 0.890. The second-order valence-corrected chi connectivity index (χ2v) is 17.5. The number of para-hydroxylation sites is 2. The Bertz CT molecular complexity index is 3840. The molecule has 0 saturated heterocycles. The van der Waals surface area contributed by atoms with Crippen LogP contribution in [-0.4, -0.2) is 9.13 Å². The molecule has 0 atom stereocenters. The lowest BCUT2D eigenvalue weighted by Gasteiger charge is -2.11. The van der Waals surface area contributed by atoms with E-state index in [1.54, 1.807) is 0 Å². The second-order valence-electron chi connectivity index (χ2n) is 15.3. The lowest BCUT2D eigenvalue weighted by molar-refractivity contribution is 0.484. The number of rotatable bonds is 5. The van der Waals surface area contributed by atoms with Gasteiger partial charge in [-0.25, -0.2) is 0 Å². The van der Waals surface area contributed by atoms with Gasteiger partial charge >= 0.3 is 0 Å². The molecule has 276 valence electrons. The first-order valence-electron chi connectivity index (χ1n) is 19.9. The fourth-order valence-electron chi connectivity index (χ4n) is 9.31. The van der Waals surface area contributed by atoms with Crippen LogP contribution >= 0.6 is 22.7 Å². The van der Waals surface area contributed by atoms with Crippen molar-refractivity contribution in [1.82, 2.24) is 9.13 Å². The fourth-order valence-corrected chi connectivity index (χ4v) is 11.5. The molecule has 0 radical (unpaired) electrons. The van der Waals surface area contributed by atoms with Crippen molar-refractivity contribution in [1.29, 1.82) is 0 Å². The van der Waals surface area contributed by atoms with Crippen LogP contribution < -0.4 is 4.74 Å². The van der Waals surface area contributed by atoms with Crippen LogP contribution in [0.4, 0.5) is 0 Å². The highest BCUT2D eigenvalue weighted by molar-refractivity contribution is 7.26. The number of hydrogen-bond acceptors (Lipinski definition) is 3. The summed E-state index contributed by atoms with van der Waals surface area (Å²) in [5.74, 6) is 1.62. The summed E-state index contributed by atoms with van der Waals surface area (Å²) < 4.78 is 16.8. The highest BCUT2D eigenvalue weighted by Crippen LogP contribution is 2.41. The van der Waals surface area contributed by atoms with Crippen molar-refractivity contribution in [3.05, 3.63) is 194 Å². The van der Waals surface area contributed by atoms with Crippen LogP contribution in [0.2, 0.25) is 0 Å². The van der Waals surface area contributed by atoms with Gasteiger partial charge in [-0.2, -0.15) is 0 Å². The smallest absolute Gasteiger partial charge is 0.128 e. The summed E-state index contributed by atoms with van der Waals surface area (Å²) in [6.07, 6.45) is 0. The predicted octanol–water partition coefficient (Wildman–Crippen LogP) is 16.1. The average Bonchev–Trinajstić information content (AvgIpc) is 4.03. The summed E-state index contributed by atoms with van der Waals surface area (Å²) in [5, 5.41) is 9.95. The molecule has 59 heavy (non-hydrogen) atoms. The molecule has 0 aliphatic carbocycles. The minimum absolute atomic E-state index is 0.809. The van der Waals surface area contributed by atoms with Crippen LogP contribution in [0.3, 0.4) is 0 Å². The second kappa shape index (κ2) is 12.7. The molecule has 0 spiro atoms.